The highest BCUT2D eigenvalue weighted by atomic mass is 32.2. The van der Waals surface area contributed by atoms with Crippen LogP contribution in [-0.4, -0.2) is 28.2 Å². The van der Waals surface area contributed by atoms with Gasteiger partial charge in [0.2, 0.25) is 0 Å². The first kappa shape index (κ1) is 11.5. The maximum absolute atomic E-state index is 10.3. The van der Waals surface area contributed by atoms with E-state index in [0.29, 0.717) is 5.16 Å². The highest BCUT2D eigenvalue weighted by Gasteiger charge is 2.03. The Morgan fingerprint density at radius 3 is 3.12 bits per heavy atom. The molecule has 2 N–H and O–H groups in total. The molecule has 1 heterocycles. The van der Waals surface area contributed by atoms with E-state index in [1.165, 1.54) is 17.2 Å². The number of fused-ring (bicyclic) bond motifs is 1. The van der Waals surface area contributed by atoms with Crippen LogP contribution in [0.25, 0.3) is 11.0 Å². The van der Waals surface area contributed by atoms with Crippen LogP contribution in [0.4, 0.5) is 0 Å². The molecule has 0 saturated carbocycles. The van der Waals surface area contributed by atoms with Crippen LogP contribution in [0.3, 0.4) is 0 Å². The Morgan fingerprint density at radius 2 is 2.41 bits per heavy atom. The van der Waals surface area contributed by atoms with Crippen molar-refractivity contribution in [3.05, 3.63) is 29.7 Å². The summed E-state index contributed by atoms with van der Waals surface area (Å²) in [5, 5.41) is 10.6. The lowest BCUT2D eigenvalue weighted by Crippen LogP contribution is -1.84. The second-order valence-corrected chi connectivity index (χ2v) is 4.08. The van der Waals surface area contributed by atoms with Gasteiger partial charge in [-0.2, -0.15) is 0 Å². The minimum atomic E-state index is -0.977. The van der Waals surface area contributed by atoms with Crippen molar-refractivity contribution in [1.29, 1.82) is 0 Å². The van der Waals surface area contributed by atoms with E-state index < -0.39 is 5.97 Å². The van der Waals surface area contributed by atoms with Crippen LogP contribution >= 0.6 is 11.8 Å². The fourth-order valence-corrected chi connectivity index (χ4v) is 1.94. The maximum atomic E-state index is 10.3. The molecule has 0 aliphatic carbocycles. The van der Waals surface area contributed by atoms with E-state index in [2.05, 4.69) is 9.97 Å². The number of ether oxygens (including phenoxy) is 1. The number of methoxy groups -OCH3 is 1. The van der Waals surface area contributed by atoms with E-state index >= 15 is 0 Å². The Bertz CT molecular complexity index is 577. The van der Waals surface area contributed by atoms with Gasteiger partial charge in [-0.05, 0) is 17.5 Å². The topological polar surface area (TPSA) is 75.2 Å². The third-order valence-electron chi connectivity index (χ3n) is 2.06. The van der Waals surface area contributed by atoms with Crippen molar-refractivity contribution in [3.8, 4) is 5.75 Å². The molecule has 88 valence electrons. The normalized spacial score (nSPS) is 11.1. The Hall–Kier alpha value is -1.95. The molecule has 2 aromatic rings. The van der Waals surface area contributed by atoms with Crippen molar-refractivity contribution >= 4 is 28.8 Å². The molecular formula is C11H10N2O3S. The zero-order valence-corrected chi connectivity index (χ0v) is 9.82. The van der Waals surface area contributed by atoms with E-state index in [1.807, 2.05) is 18.2 Å². The van der Waals surface area contributed by atoms with Crippen LogP contribution in [-0.2, 0) is 4.79 Å². The number of imidazole rings is 1. The number of H-pyrrole nitrogens is 1. The van der Waals surface area contributed by atoms with Crippen molar-refractivity contribution in [2.24, 2.45) is 0 Å². The molecule has 1 aromatic heterocycles. The third-order valence-corrected chi connectivity index (χ3v) is 2.75. The highest BCUT2D eigenvalue weighted by molar-refractivity contribution is 8.02. The smallest absolute Gasteiger partial charge is 0.328 e. The summed E-state index contributed by atoms with van der Waals surface area (Å²) in [7, 11) is 1.60. The van der Waals surface area contributed by atoms with Gasteiger partial charge >= 0.3 is 5.97 Å². The van der Waals surface area contributed by atoms with Crippen LogP contribution in [0, 0.1) is 0 Å². The van der Waals surface area contributed by atoms with Gasteiger partial charge < -0.3 is 14.8 Å². The molecule has 5 nitrogen and oxygen atoms in total. The van der Waals surface area contributed by atoms with Gasteiger partial charge in [0.05, 0.1) is 18.1 Å². The Kier molecular flexibility index (Phi) is 3.34. The number of hydrogen-bond donors (Lipinski definition) is 2. The van der Waals surface area contributed by atoms with E-state index in [1.54, 1.807) is 7.11 Å². The van der Waals surface area contributed by atoms with Gasteiger partial charge in [0.25, 0.3) is 0 Å². The SMILES string of the molecule is COc1ccc2nc(SC=CC(=O)O)[nH]c2c1. The summed E-state index contributed by atoms with van der Waals surface area (Å²) in [4.78, 5) is 17.7. The van der Waals surface area contributed by atoms with Gasteiger partial charge in [0.1, 0.15) is 5.75 Å². The van der Waals surface area contributed by atoms with E-state index in [-0.39, 0.29) is 0 Å². The molecule has 0 radical (unpaired) electrons. The molecule has 0 amide bonds. The van der Waals surface area contributed by atoms with Gasteiger partial charge in [-0.3, -0.25) is 0 Å². The third kappa shape index (κ3) is 2.79. The van der Waals surface area contributed by atoms with E-state index in [4.69, 9.17) is 9.84 Å². The molecule has 0 atom stereocenters. The van der Waals surface area contributed by atoms with Crippen molar-refractivity contribution in [3.63, 3.8) is 0 Å². The number of carboxylic acid groups (broad SMARTS) is 1. The number of carbonyl (C=O) groups is 1. The molecule has 0 unspecified atom stereocenters. The zero-order valence-electron chi connectivity index (χ0n) is 9.01. The molecule has 0 saturated heterocycles. The lowest BCUT2D eigenvalue weighted by atomic mass is 10.3. The van der Waals surface area contributed by atoms with Crippen LogP contribution in [0.15, 0.2) is 34.8 Å². The molecule has 0 fully saturated rings. The molecule has 6 heteroatoms. The predicted molar refractivity (Wildman–Crippen MR) is 65.3 cm³/mol. The van der Waals surface area contributed by atoms with Crippen molar-refractivity contribution < 1.29 is 14.6 Å². The molecule has 1 aromatic carbocycles. The summed E-state index contributed by atoms with van der Waals surface area (Å²) in [6.45, 7) is 0. The van der Waals surface area contributed by atoms with Gasteiger partial charge in [0, 0.05) is 12.1 Å². The second-order valence-electron chi connectivity index (χ2n) is 3.18. The summed E-state index contributed by atoms with van der Waals surface area (Å²) in [6, 6.07) is 5.51. The molecule has 17 heavy (non-hydrogen) atoms. The van der Waals surface area contributed by atoms with Crippen LogP contribution in [0.2, 0.25) is 0 Å². The predicted octanol–water partition coefficient (Wildman–Crippen LogP) is 2.26. The van der Waals surface area contributed by atoms with Gasteiger partial charge in [-0.25, -0.2) is 9.78 Å². The summed E-state index contributed by atoms with van der Waals surface area (Å²) < 4.78 is 5.10. The quantitative estimate of drug-likeness (QED) is 0.643. The second kappa shape index (κ2) is 4.92. The number of nitrogens with zero attached hydrogens (tertiary/aromatic N) is 1. The highest BCUT2D eigenvalue weighted by Crippen LogP contribution is 2.23. The molecule has 0 aliphatic rings. The van der Waals surface area contributed by atoms with E-state index in [0.717, 1.165) is 22.9 Å². The average Bonchev–Trinajstić information content (AvgIpc) is 2.69. The minimum absolute atomic E-state index is 0.644. The molecule has 0 spiro atoms. The Morgan fingerprint density at radius 1 is 1.59 bits per heavy atom. The van der Waals surface area contributed by atoms with Crippen LogP contribution < -0.4 is 4.74 Å². The van der Waals surface area contributed by atoms with Gasteiger partial charge in [-0.15, -0.1) is 0 Å². The number of thioether (sulfide) groups is 1. The lowest BCUT2D eigenvalue weighted by molar-refractivity contribution is -0.131. The van der Waals surface area contributed by atoms with Gasteiger partial charge in [0.15, 0.2) is 5.16 Å². The first-order chi connectivity index (χ1) is 8.19. The fraction of sp³-hybridized carbons (Fsp3) is 0.0909. The van der Waals surface area contributed by atoms with E-state index in [9.17, 15) is 4.79 Å². The number of aromatic amines is 1. The monoisotopic (exact) mass is 250 g/mol. The number of benzene rings is 1. The van der Waals surface area contributed by atoms with Crippen molar-refractivity contribution in [1.82, 2.24) is 9.97 Å². The first-order valence-corrected chi connectivity index (χ1v) is 5.67. The summed E-state index contributed by atoms with van der Waals surface area (Å²) >= 11 is 1.22. The summed E-state index contributed by atoms with van der Waals surface area (Å²) in [5.41, 5.74) is 1.67. The zero-order chi connectivity index (χ0) is 12.3. The standard InChI is InChI=1S/C11H10N2O3S/c1-16-7-2-3-8-9(6-7)13-11(12-8)17-5-4-10(14)15/h2-6H,1H3,(H,12,13)(H,14,15). The van der Waals surface area contributed by atoms with Crippen molar-refractivity contribution in [2.75, 3.05) is 7.11 Å². The number of hydrogen-bond acceptors (Lipinski definition) is 4. The molecular weight excluding hydrogens is 240 g/mol. The Labute approximate surface area is 102 Å². The maximum Gasteiger partial charge on any atom is 0.328 e. The van der Waals surface area contributed by atoms with Crippen LogP contribution in [0.5, 0.6) is 5.75 Å². The minimum Gasteiger partial charge on any atom is -0.497 e. The average molecular weight is 250 g/mol. The fourth-order valence-electron chi connectivity index (χ4n) is 1.30. The van der Waals surface area contributed by atoms with Crippen LogP contribution in [0.1, 0.15) is 0 Å². The molecule has 0 aliphatic heterocycles. The number of rotatable bonds is 4. The molecule has 0 bridgehead atoms. The summed E-state index contributed by atoms with van der Waals surface area (Å²) in [6.07, 6.45) is 1.07. The Balaban J connectivity index is 2.22. The number of aromatic nitrogens is 2. The largest absolute Gasteiger partial charge is 0.497 e. The summed E-state index contributed by atoms with van der Waals surface area (Å²) in [5.74, 6) is -0.228. The number of carboxylic acids is 1. The number of aliphatic carboxylic acids is 1. The van der Waals surface area contributed by atoms with Crippen molar-refractivity contribution in [2.45, 2.75) is 5.16 Å². The first-order valence-electron chi connectivity index (χ1n) is 4.79. The van der Waals surface area contributed by atoms with Gasteiger partial charge in [-0.1, -0.05) is 11.8 Å². The lowest BCUT2D eigenvalue weighted by Gasteiger charge is -1.96. The molecule has 2 rings (SSSR count). The number of nitrogens with one attached hydrogen (secondary N) is 1.